The van der Waals surface area contributed by atoms with E-state index >= 15 is 0 Å². The second kappa shape index (κ2) is 8.01. The Balaban J connectivity index is 2.01. The monoisotopic (exact) mass is 406 g/mol. The summed E-state index contributed by atoms with van der Waals surface area (Å²) in [4.78, 5) is 49.9. The van der Waals surface area contributed by atoms with Gasteiger partial charge in [0.1, 0.15) is 16.2 Å². The first kappa shape index (κ1) is 19.2. The Kier molecular flexibility index (Phi) is 5.71. The summed E-state index contributed by atoms with van der Waals surface area (Å²) < 4.78 is 2.35. The number of rotatable bonds is 6. The summed E-state index contributed by atoms with van der Waals surface area (Å²) in [6.45, 7) is 1.99. The van der Waals surface area contributed by atoms with Crippen LogP contribution in [0, 0.1) is 0 Å². The van der Waals surface area contributed by atoms with Gasteiger partial charge in [0.25, 0.3) is 5.56 Å². The van der Waals surface area contributed by atoms with Crippen LogP contribution >= 0.6 is 23.1 Å². The summed E-state index contributed by atoms with van der Waals surface area (Å²) >= 11 is 2.47. The molecule has 3 rings (SSSR count). The van der Waals surface area contributed by atoms with Gasteiger partial charge in [0.15, 0.2) is 10.8 Å². The molecule has 0 saturated carbocycles. The smallest absolute Gasteiger partial charge is 0.301 e. The molecule has 0 radical (unpaired) electrons. The van der Waals surface area contributed by atoms with Gasteiger partial charge in [0.05, 0.1) is 5.75 Å². The Morgan fingerprint density at radius 3 is 2.70 bits per heavy atom. The molecular weight excluding hydrogens is 388 g/mol. The molecule has 0 atom stereocenters. The molecule has 0 fully saturated rings. The van der Waals surface area contributed by atoms with Crippen LogP contribution < -0.4 is 16.6 Å². The average molecular weight is 406 g/mol. The van der Waals surface area contributed by atoms with Crippen LogP contribution in [0.4, 0.5) is 5.13 Å². The Morgan fingerprint density at radius 2 is 2.04 bits per heavy atom. The van der Waals surface area contributed by atoms with Crippen LogP contribution in [0.2, 0.25) is 0 Å². The fraction of sp³-hybridized carbons (Fsp3) is 0.375. The molecule has 0 aliphatic heterocycles. The van der Waals surface area contributed by atoms with Crippen molar-refractivity contribution in [3.8, 4) is 0 Å². The highest BCUT2D eigenvalue weighted by molar-refractivity contribution is 8.00. The highest BCUT2D eigenvalue weighted by Gasteiger charge is 2.18. The minimum absolute atomic E-state index is 0.0588. The number of thioether (sulfide) groups is 1. The van der Waals surface area contributed by atoms with Crippen LogP contribution in [0.25, 0.3) is 11.0 Å². The van der Waals surface area contributed by atoms with E-state index < -0.39 is 11.2 Å². The van der Waals surface area contributed by atoms with E-state index in [1.165, 1.54) is 23.0 Å². The van der Waals surface area contributed by atoms with Gasteiger partial charge in [-0.15, -0.1) is 11.3 Å². The number of carbonyl (C=O) groups excluding carboxylic acids is 1. The summed E-state index contributed by atoms with van der Waals surface area (Å²) in [5.41, 5.74) is -0.644. The fourth-order valence-corrected chi connectivity index (χ4v) is 3.86. The predicted molar refractivity (Wildman–Crippen MR) is 105 cm³/mol. The molecule has 142 valence electrons. The Labute approximate surface area is 162 Å². The molecule has 0 aliphatic rings. The zero-order chi connectivity index (χ0) is 19.6. The molecule has 1 N–H and O–H groups in total. The van der Waals surface area contributed by atoms with Crippen LogP contribution in [0.3, 0.4) is 0 Å². The molecule has 3 aromatic heterocycles. The van der Waals surface area contributed by atoms with Crippen LogP contribution in [-0.4, -0.2) is 35.7 Å². The van der Waals surface area contributed by atoms with E-state index in [1.807, 2.05) is 6.92 Å². The van der Waals surface area contributed by atoms with Gasteiger partial charge in [0, 0.05) is 32.1 Å². The number of nitrogens with one attached hydrogen (secondary N) is 1. The Hall–Kier alpha value is -2.53. The third kappa shape index (κ3) is 3.93. The van der Waals surface area contributed by atoms with Crippen molar-refractivity contribution in [1.29, 1.82) is 0 Å². The van der Waals surface area contributed by atoms with Crippen molar-refractivity contribution in [1.82, 2.24) is 24.1 Å². The first-order valence-electron chi connectivity index (χ1n) is 8.21. The first-order chi connectivity index (χ1) is 12.9. The fourth-order valence-electron chi connectivity index (χ4n) is 2.49. The third-order valence-electron chi connectivity index (χ3n) is 3.81. The van der Waals surface area contributed by atoms with Gasteiger partial charge in [-0.25, -0.2) is 19.7 Å². The largest absolute Gasteiger partial charge is 0.332 e. The van der Waals surface area contributed by atoms with E-state index in [0.717, 1.165) is 22.7 Å². The lowest BCUT2D eigenvalue weighted by Gasteiger charge is -2.11. The molecule has 1 amide bonds. The van der Waals surface area contributed by atoms with E-state index in [9.17, 15) is 14.4 Å². The number of hydrogen-bond donors (Lipinski definition) is 1. The Bertz CT molecular complexity index is 1100. The lowest BCUT2D eigenvalue weighted by atomic mass is 10.3. The van der Waals surface area contributed by atoms with Crippen molar-refractivity contribution in [2.24, 2.45) is 14.1 Å². The minimum Gasteiger partial charge on any atom is -0.301 e. The standard InChI is InChI=1S/C16H18N6O3S2/c1-4-5-9-18-12-11(14(24)22(3)16(25)21(12)2)13(19-9)27-8-10(23)20-15-17-6-7-26-15/h6-7H,4-5,8H2,1-3H3,(H,17,20,23). The normalized spacial score (nSPS) is 11.1. The third-order valence-corrected chi connectivity index (χ3v) is 5.47. The number of amides is 1. The zero-order valence-corrected chi connectivity index (χ0v) is 16.7. The second-order valence-corrected chi connectivity index (χ2v) is 7.63. The second-order valence-electron chi connectivity index (χ2n) is 5.77. The highest BCUT2D eigenvalue weighted by Crippen LogP contribution is 2.23. The maximum Gasteiger partial charge on any atom is 0.332 e. The van der Waals surface area contributed by atoms with Crippen molar-refractivity contribution in [3.63, 3.8) is 0 Å². The molecule has 0 aliphatic carbocycles. The maximum absolute atomic E-state index is 12.6. The van der Waals surface area contributed by atoms with E-state index in [4.69, 9.17) is 0 Å². The number of fused-ring (bicyclic) bond motifs is 1. The summed E-state index contributed by atoms with van der Waals surface area (Å²) in [5.74, 6) is 0.347. The topological polar surface area (TPSA) is 112 Å². The summed E-state index contributed by atoms with van der Waals surface area (Å²) in [6, 6.07) is 0. The van der Waals surface area contributed by atoms with Gasteiger partial charge >= 0.3 is 5.69 Å². The number of carbonyl (C=O) groups is 1. The lowest BCUT2D eigenvalue weighted by Crippen LogP contribution is -2.38. The van der Waals surface area contributed by atoms with Crippen molar-refractivity contribution in [3.05, 3.63) is 38.2 Å². The number of thiazole rings is 1. The first-order valence-corrected chi connectivity index (χ1v) is 10.1. The van der Waals surface area contributed by atoms with Crippen LogP contribution in [-0.2, 0) is 25.3 Å². The molecule has 3 aromatic rings. The summed E-state index contributed by atoms with van der Waals surface area (Å²) in [6.07, 6.45) is 3.03. The molecule has 11 heteroatoms. The van der Waals surface area contributed by atoms with Crippen LogP contribution in [0.15, 0.2) is 26.2 Å². The van der Waals surface area contributed by atoms with Crippen LogP contribution in [0.5, 0.6) is 0 Å². The quantitative estimate of drug-likeness (QED) is 0.483. The molecule has 0 unspecified atom stereocenters. The van der Waals surface area contributed by atoms with E-state index in [-0.39, 0.29) is 22.7 Å². The molecule has 0 saturated heterocycles. The summed E-state index contributed by atoms with van der Waals surface area (Å²) in [7, 11) is 2.98. The van der Waals surface area contributed by atoms with Gasteiger partial charge in [0.2, 0.25) is 5.91 Å². The molecule has 0 spiro atoms. The van der Waals surface area contributed by atoms with Gasteiger partial charge < -0.3 is 5.32 Å². The zero-order valence-electron chi connectivity index (χ0n) is 15.1. The van der Waals surface area contributed by atoms with Crippen LogP contribution in [0.1, 0.15) is 19.2 Å². The van der Waals surface area contributed by atoms with Gasteiger partial charge in [-0.2, -0.15) is 0 Å². The summed E-state index contributed by atoms with van der Waals surface area (Å²) in [5, 5.41) is 5.61. The SMILES string of the molecule is CCCc1nc(SCC(=O)Nc2nccs2)c2c(=O)n(C)c(=O)n(C)c2n1. The number of aromatic nitrogens is 5. The van der Waals surface area contributed by atoms with E-state index in [0.29, 0.717) is 22.4 Å². The molecule has 3 heterocycles. The molecule has 0 aromatic carbocycles. The van der Waals surface area contributed by atoms with E-state index in [2.05, 4.69) is 20.3 Å². The number of aryl methyl sites for hydroxylation is 2. The number of hydrogen-bond acceptors (Lipinski definition) is 8. The molecule has 0 bridgehead atoms. The van der Waals surface area contributed by atoms with E-state index in [1.54, 1.807) is 18.6 Å². The number of nitrogens with zero attached hydrogens (tertiary/aromatic N) is 5. The molecular formula is C16H18N6O3S2. The van der Waals surface area contributed by atoms with Gasteiger partial charge in [-0.1, -0.05) is 18.7 Å². The Morgan fingerprint density at radius 1 is 1.26 bits per heavy atom. The number of anilines is 1. The highest BCUT2D eigenvalue weighted by atomic mass is 32.2. The minimum atomic E-state index is -0.473. The van der Waals surface area contributed by atoms with Gasteiger partial charge in [-0.3, -0.25) is 18.7 Å². The predicted octanol–water partition coefficient (Wildman–Crippen LogP) is 1.17. The van der Waals surface area contributed by atoms with Crippen molar-refractivity contribution >= 4 is 45.2 Å². The molecule has 9 nitrogen and oxygen atoms in total. The van der Waals surface area contributed by atoms with Crippen molar-refractivity contribution in [2.45, 2.75) is 24.8 Å². The lowest BCUT2D eigenvalue weighted by molar-refractivity contribution is -0.113. The van der Waals surface area contributed by atoms with Crippen molar-refractivity contribution < 1.29 is 4.79 Å². The molecule has 27 heavy (non-hydrogen) atoms. The van der Waals surface area contributed by atoms with Gasteiger partial charge in [-0.05, 0) is 6.42 Å². The maximum atomic E-state index is 12.6. The average Bonchev–Trinajstić information content (AvgIpc) is 3.15. The van der Waals surface area contributed by atoms with Crippen molar-refractivity contribution in [2.75, 3.05) is 11.1 Å².